The van der Waals surface area contributed by atoms with E-state index in [-0.39, 0.29) is 11.5 Å². The number of hydrogen-bond donors (Lipinski definition) is 1. The fraction of sp³-hybridized carbons (Fsp3) is 0.554. The highest BCUT2D eigenvalue weighted by Crippen LogP contribution is 2.65. The van der Waals surface area contributed by atoms with E-state index in [0.717, 1.165) is 56.6 Å². The van der Waals surface area contributed by atoms with Crippen molar-refractivity contribution in [3.63, 3.8) is 0 Å². The third-order valence-corrected chi connectivity index (χ3v) is 17.0. The third-order valence-electron chi connectivity index (χ3n) is 17.0. The molecule has 0 aliphatic heterocycles. The molecule has 61 heavy (non-hydrogen) atoms. The van der Waals surface area contributed by atoms with E-state index in [4.69, 9.17) is 9.47 Å². The zero-order valence-corrected chi connectivity index (χ0v) is 39.0. The predicted octanol–water partition coefficient (Wildman–Crippen LogP) is 13.4. The van der Waals surface area contributed by atoms with Crippen LogP contribution in [0.3, 0.4) is 0 Å². The van der Waals surface area contributed by atoms with Crippen molar-refractivity contribution in [1.82, 2.24) is 0 Å². The maximum absolute atomic E-state index is 12.3. The van der Waals surface area contributed by atoms with E-state index in [0.29, 0.717) is 48.1 Å². The maximum atomic E-state index is 12.3. The minimum atomic E-state index is -0.165. The van der Waals surface area contributed by atoms with Gasteiger partial charge in [0.05, 0.1) is 6.10 Å². The van der Waals surface area contributed by atoms with E-state index in [1.54, 1.807) is 11.1 Å². The first-order valence-corrected chi connectivity index (χ1v) is 25.9. The monoisotopic (exact) mass is 841 g/mol. The molecule has 11 atom stereocenters. The molecule has 4 nitrogen and oxygen atoms in total. The number of ether oxygens (including phenoxy) is 2. The van der Waals surface area contributed by atoms with Crippen LogP contribution >= 0.6 is 8.58 Å². The van der Waals surface area contributed by atoms with Gasteiger partial charge in [-0.25, -0.2) is 0 Å². The van der Waals surface area contributed by atoms with Gasteiger partial charge in [0.2, 0.25) is 0 Å². The van der Waals surface area contributed by atoms with Crippen LogP contribution in [0.5, 0.6) is 11.5 Å². The number of carbonyl (C=O) groups is 1. The summed E-state index contributed by atoms with van der Waals surface area (Å²) < 4.78 is 12.2. The van der Waals surface area contributed by atoms with E-state index >= 15 is 0 Å². The van der Waals surface area contributed by atoms with Gasteiger partial charge in [0.15, 0.2) is 0 Å². The first-order chi connectivity index (χ1) is 29.5. The highest BCUT2D eigenvalue weighted by molar-refractivity contribution is 7.35. The van der Waals surface area contributed by atoms with E-state index in [1.165, 1.54) is 86.5 Å². The zero-order chi connectivity index (χ0) is 42.7. The van der Waals surface area contributed by atoms with Crippen molar-refractivity contribution in [2.24, 2.45) is 46.3 Å². The summed E-state index contributed by atoms with van der Waals surface area (Å²) in [5.74, 6) is 7.62. The van der Waals surface area contributed by atoms with Crippen molar-refractivity contribution in [3.8, 4) is 11.5 Å². The topological polar surface area (TPSA) is 55.8 Å². The summed E-state index contributed by atoms with van der Waals surface area (Å²) in [6, 6.07) is 34.4. The second kappa shape index (κ2) is 19.1. The standard InChI is InChI=1S/C27H34O2.C27H32O2.C2H7P/c2*1-18(28)25-12-13-26-24-10-8-20-16-21(29-17-19-6-4-3-5-7-19)9-11-22(20)23(24)14-15-27(25,26)2;1-3-2/h3-7,9,11,16,18,23-26,28H,8,10,12-15,17H2,1-2H3;3-7,9,11,16,23-26H,8,10,12-15,17H2,1-2H3;3H,1-2H3/t18?,23-,24-,25?,26+,27-;23-,24-,25-,26+,27-;/m11./s1. The maximum Gasteiger partial charge on any atom is 0.133 e. The summed E-state index contributed by atoms with van der Waals surface area (Å²) in [5.41, 5.74) is 9.13. The number of aliphatic hydroxyl groups is 1. The molecule has 326 valence electrons. The predicted molar refractivity (Wildman–Crippen MR) is 253 cm³/mol. The minimum absolute atomic E-state index is 0.165. The largest absolute Gasteiger partial charge is 0.489 e. The second-order valence-electron chi connectivity index (χ2n) is 20.4. The molecule has 4 fully saturated rings. The van der Waals surface area contributed by atoms with Gasteiger partial charge in [-0.05, 0) is 214 Å². The van der Waals surface area contributed by atoms with E-state index < -0.39 is 0 Å². The third kappa shape index (κ3) is 9.02. The Balaban J connectivity index is 0.000000158. The molecule has 6 aliphatic carbocycles. The lowest BCUT2D eigenvalue weighted by atomic mass is 9.54. The fourth-order valence-electron chi connectivity index (χ4n) is 14.3. The quantitative estimate of drug-likeness (QED) is 0.180. The van der Waals surface area contributed by atoms with Crippen molar-refractivity contribution >= 4 is 14.4 Å². The smallest absolute Gasteiger partial charge is 0.133 e. The molecule has 0 heterocycles. The lowest BCUT2D eigenvalue weighted by Crippen LogP contribution is -2.44. The number of Topliss-reactive ketones (excluding diaryl/α,β-unsaturated/α-hetero) is 1. The average molecular weight is 841 g/mol. The summed E-state index contributed by atoms with van der Waals surface area (Å²) in [4.78, 5) is 12.3. The van der Waals surface area contributed by atoms with Crippen molar-refractivity contribution in [3.05, 3.63) is 130 Å². The molecule has 10 rings (SSSR count). The number of carbonyl (C=O) groups excluding carboxylic acids is 1. The summed E-state index contributed by atoms with van der Waals surface area (Å²) >= 11 is 0. The Labute approximate surface area is 369 Å². The van der Waals surface area contributed by atoms with Crippen LogP contribution in [0, 0.1) is 46.3 Å². The first-order valence-electron chi connectivity index (χ1n) is 23.9. The lowest BCUT2D eigenvalue weighted by molar-refractivity contribution is -0.125. The average Bonchev–Trinajstić information content (AvgIpc) is 3.83. The Kier molecular flexibility index (Phi) is 13.8. The van der Waals surface area contributed by atoms with Gasteiger partial charge < -0.3 is 14.6 Å². The molecule has 0 radical (unpaired) electrons. The minimum Gasteiger partial charge on any atom is -0.489 e. The van der Waals surface area contributed by atoms with Crippen LogP contribution in [0.15, 0.2) is 97.1 Å². The Morgan fingerprint density at radius 3 is 1.59 bits per heavy atom. The van der Waals surface area contributed by atoms with Gasteiger partial charge in [-0.15, -0.1) is 8.58 Å². The van der Waals surface area contributed by atoms with Crippen molar-refractivity contribution in [2.45, 2.75) is 136 Å². The van der Waals surface area contributed by atoms with Gasteiger partial charge in [0.1, 0.15) is 30.5 Å². The van der Waals surface area contributed by atoms with Crippen molar-refractivity contribution in [1.29, 1.82) is 0 Å². The van der Waals surface area contributed by atoms with Crippen LogP contribution < -0.4 is 9.47 Å². The van der Waals surface area contributed by atoms with E-state index in [9.17, 15) is 9.90 Å². The molecule has 0 aromatic heterocycles. The molecule has 0 spiro atoms. The molecule has 4 aromatic carbocycles. The fourth-order valence-corrected chi connectivity index (χ4v) is 14.3. The Morgan fingerprint density at radius 2 is 1.11 bits per heavy atom. The second-order valence-corrected chi connectivity index (χ2v) is 21.4. The molecule has 5 heteroatoms. The summed E-state index contributed by atoms with van der Waals surface area (Å²) in [5, 5.41) is 10.4. The SMILES string of the molecule is CC(=O)[C@H]1CC[C@H]2[C@@H]3CCc4cc(OCc5ccccc5)ccc4[C@H]3CC[C@]12C.CC(O)C1CC[C@H]2[C@@H]3CCc4cc(OCc5ccccc5)ccc4[C@H]3CC[C@]12C.CPC. The van der Waals surface area contributed by atoms with E-state index in [2.05, 4.69) is 112 Å². The van der Waals surface area contributed by atoms with Crippen molar-refractivity contribution < 1.29 is 19.4 Å². The Morgan fingerprint density at radius 1 is 0.656 bits per heavy atom. The normalized spacial score (nSPS) is 32.0. The molecule has 2 unspecified atom stereocenters. The number of rotatable bonds is 8. The number of fused-ring (bicyclic) bond motifs is 10. The van der Waals surface area contributed by atoms with E-state index in [1.807, 2.05) is 26.0 Å². The highest BCUT2D eigenvalue weighted by Gasteiger charge is 2.57. The Hall–Kier alpha value is -3.46. The molecular weight excluding hydrogens is 768 g/mol. The number of ketones is 1. The van der Waals surface area contributed by atoms with Crippen LogP contribution in [0.4, 0.5) is 0 Å². The van der Waals surface area contributed by atoms with Gasteiger partial charge in [0.25, 0.3) is 0 Å². The molecule has 1 N–H and O–H groups in total. The van der Waals surface area contributed by atoms with Crippen molar-refractivity contribution in [2.75, 3.05) is 13.3 Å². The number of aryl methyl sites for hydroxylation is 2. The molecule has 4 saturated carbocycles. The molecule has 4 aromatic rings. The van der Waals surface area contributed by atoms with Crippen LogP contribution in [-0.2, 0) is 30.8 Å². The Bertz CT molecular complexity index is 2080. The summed E-state index contributed by atoms with van der Waals surface area (Å²) in [6.07, 6.45) is 14.6. The molecule has 0 bridgehead atoms. The number of aliphatic hydroxyl groups excluding tert-OH is 1. The zero-order valence-electron chi connectivity index (χ0n) is 38.0. The van der Waals surface area contributed by atoms with Crippen LogP contribution in [-0.4, -0.2) is 30.3 Å². The number of benzene rings is 4. The van der Waals surface area contributed by atoms with Gasteiger partial charge >= 0.3 is 0 Å². The molecule has 0 amide bonds. The van der Waals surface area contributed by atoms with Crippen LogP contribution in [0.1, 0.15) is 137 Å². The van der Waals surface area contributed by atoms with Crippen LogP contribution in [0.25, 0.3) is 0 Å². The first kappa shape index (κ1) is 44.2. The van der Waals surface area contributed by atoms with Gasteiger partial charge in [-0.3, -0.25) is 4.79 Å². The van der Waals surface area contributed by atoms with Gasteiger partial charge in [0, 0.05) is 5.92 Å². The van der Waals surface area contributed by atoms with Gasteiger partial charge in [-0.2, -0.15) is 0 Å². The molecule has 0 saturated heterocycles. The summed E-state index contributed by atoms with van der Waals surface area (Å²) in [6.45, 7) is 14.3. The van der Waals surface area contributed by atoms with Gasteiger partial charge in [-0.1, -0.05) is 86.6 Å². The molecule has 6 aliphatic rings. The summed E-state index contributed by atoms with van der Waals surface area (Å²) in [7, 11) is 1.08. The lowest BCUT2D eigenvalue weighted by Gasteiger charge is -2.51. The molecular formula is C56H73O4P. The number of hydrogen-bond acceptors (Lipinski definition) is 4. The highest BCUT2D eigenvalue weighted by atomic mass is 31.1. The van der Waals surface area contributed by atoms with Crippen LogP contribution in [0.2, 0.25) is 0 Å².